The number of hydrogen-bond acceptors (Lipinski definition) is 1. The molecule has 0 spiro atoms. The molecule has 0 aromatic rings. The molecule has 1 N–H and O–H groups in total. The fraction of sp³-hybridized carbons (Fsp3) is 0.571. The van der Waals surface area contributed by atoms with Crippen molar-refractivity contribution < 1.29 is 56.4 Å². The topological polar surface area (TPSA) is 37.3 Å². The van der Waals surface area contributed by atoms with Crippen molar-refractivity contribution in [3.8, 4) is 0 Å². The van der Waals surface area contributed by atoms with E-state index in [-0.39, 0.29) is 53.0 Å². The number of hydrogen-bond donors (Lipinski definition) is 1. The second-order valence-corrected chi connectivity index (χ2v) is 4.67. The van der Waals surface area contributed by atoms with E-state index >= 15 is 0 Å². The van der Waals surface area contributed by atoms with Crippen LogP contribution in [0, 0.1) is 6.42 Å². The van der Waals surface area contributed by atoms with Gasteiger partial charge in [-0.1, -0.05) is 24.8 Å². The van der Waals surface area contributed by atoms with Gasteiger partial charge in [0.15, 0.2) is 0 Å². The van der Waals surface area contributed by atoms with Crippen LogP contribution in [-0.2, 0) is 26.5 Å². The number of allylic oxidation sites excluding steroid dienone is 4. The Morgan fingerprint density at radius 2 is 1.58 bits per heavy atom. The Kier molecular flexibility index (Phi) is 12.2. The molecule has 105 valence electrons. The van der Waals surface area contributed by atoms with Crippen molar-refractivity contribution in [2.75, 3.05) is 0 Å². The molecule has 0 atom stereocenters. The van der Waals surface area contributed by atoms with Crippen molar-refractivity contribution >= 4 is 6.47 Å². The van der Waals surface area contributed by atoms with Crippen LogP contribution in [0.25, 0.3) is 0 Å². The molecule has 3 aliphatic carbocycles. The third-order valence-electron chi connectivity index (χ3n) is 3.76. The molecule has 19 heavy (non-hydrogen) atoms. The molecule has 0 unspecified atom stereocenters. The Labute approximate surface area is 142 Å². The monoisotopic (exact) mass is 337 g/mol. The summed E-state index contributed by atoms with van der Waals surface area (Å²) in [4.78, 5) is 8.36. The van der Waals surface area contributed by atoms with Crippen LogP contribution in [-0.4, -0.2) is 11.6 Å². The molecule has 0 amide bonds. The van der Waals surface area contributed by atoms with E-state index < -0.39 is 0 Å². The second kappa shape index (κ2) is 10.8. The van der Waals surface area contributed by atoms with Gasteiger partial charge >= 0.3 is 21.7 Å². The van der Waals surface area contributed by atoms with Crippen molar-refractivity contribution in [2.45, 2.75) is 51.4 Å². The zero-order chi connectivity index (χ0) is 11.4. The molecule has 0 saturated carbocycles. The van der Waals surface area contributed by atoms with Crippen LogP contribution in [0.4, 0.5) is 0 Å². The SMILES string of the molecule is O=CO.[CH-]1CCCC2=C1CC1=C2CCCC1.[Cl-].[Cl-].[Ti+3]. The van der Waals surface area contributed by atoms with Crippen molar-refractivity contribution in [3.63, 3.8) is 0 Å². The van der Waals surface area contributed by atoms with E-state index in [9.17, 15) is 0 Å². The Bertz CT molecular complexity index is 321. The van der Waals surface area contributed by atoms with Crippen molar-refractivity contribution in [1.29, 1.82) is 0 Å². The molecule has 0 heterocycles. The zero-order valence-corrected chi connectivity index (χ0v) is 14.0. The Morgan fingerprint density at radius 3 is 2.26 bits per heavy atom. The summed E-state index contributed by atoms with van der Waals surface area (Å²) >= 11 is 0. The van der Waals surface area contributed by atoms with E-state index in [1.807, 2.05) is 0 Å². The molecule has 3 rings (SSSR count). The summed E-state index contributed by atoms with van der Waals surface area (Å²) < 4.78 is 0. The quantitative estimate of drug-likeness (QED) is 0.305. The minimum atomic E-state index is -0.250. The van der Waals surface area contributed by atoms with Gasteiger partial charge < -0.3 is 29.9 Å². The van der Waals surface area contributed by atoms with Crippen LogP contribution in [0.15, 0.2) is 22.3 Å². The first kappa shape index (κ1) is 21.4. The molecule has 0 fully saturated rings. The van der Waals surface area contributed by atoms with Gasteiger partial charge in [0.2, 0.25) is 0 Å². The third kappa shape index (κ3) is 5.19. The second-order valence-electron chi connectivity index (χ2n) is 4.67. The smallest absolute Gasteiger partial charge is 1.00 e. The summed E-state index contributed by atoms with van der Waals surface area (Å²) in [6.07, 6.45) is 13.6. The summed E-state index contributed by atoms with van der Waals surface area (Å²) in [6, 6.07) is 0. The fourth-order valence-corrected chi connectivity index (χ4v) is 3.12. The Balaban J connectivity index is 0. The normalized spacial score (nSPS) is 19.2. The third-order valence-corrected chi connectivity index (χ3v) is 3.76. The number of carboxylic acid groups (broad SMARTS) is 1. The molecule has 1 radical (unpaired) electrons. The molecule has 0 aromatic carbocycles. The van der Waals surface area contributed by atoms with E-state index in [1.54, 1.807) is 22.3 Å². The average Bonchev–Trinajstić information content (AvgIpc) is 2.68. The van der Waals surface area contributed by atoms with Gasteiger partial charge in [0.1, 0.15) is 0 Å². The maximum atomic E-state index is 8.36. The van der Waals surface area contributed by atoms with Gasteiger partial charge in [-0.25, -0.2) is 12.0 Å². The molecular weight excluding hydrogens is 319 g/mol. The summed E-state index contributed by atoms with van der Waals surface area (Å²) in [5.41, 5.74) is 7.06. The van der Waals surface area contributed by atoms with Crippen LogP contribution in [0.5, 0.6) is 0 Å². The van der Waals surface area contributed by atoms with E-state index in [0.29, 0.717) is 0 Å². The van der Waals surface area contributed by atoms with Gasteiger partial charge in [0.05, 0.1) is 0 Å². The molecule has 0 saturated heterocycles. The van der Waals surface area contributed by atoms with Gasteiger partial charge in [0.25, 0.3) is 6.47 Å². The molecular formula is C14H19Cl2O2Ti. The van der Waals surface area contributed by atoms with E-state index in [2.05, 4.69) is 6.42 Å². The maximum Gasteiger partial charge on any atom is 3.00 e. The molecule has 5 heteroatoms. The first-order valence-electron chi connectivity index (χ1n) is 6.21. The van der Waals surface area contributed by atoms with Crippen LogP contribution in [0.2, 0.25) is 0 Å². The summed E-state index contributed by atoms with van der Waals surface area (Å²) in [7, 11) is 0. The average molecular weight is 338 g/mol. The van der Waals surface area contributed by atoms with Gasteiger partial charge in [-0.2, -0.15) is 5.57 Å². The first-order valence-corrected chi connectivity index (χ1v) is 6.21. The van der Waals surface area contributed by atoms with Crippen LogP contribution >= 0.6 is 0 Å². The van der Waals surface area contributed by atoms with Crippen molar-refractivity contribution in [1.82, 2.24) is 0 Å². The predicted octanol–water partition coefficient (Wildman–Crippen LogP) is -2.35. The van der Waals surface area contributed by atoms with E-state index in [4.69, 9.17) is 9.90 Å². The minimum Gasteiger partial charge on any atom is -1.00 e. The van der Waals surface area contributed by atoms with Gasteiger partial charge in [-0.05, 0) is 25.7 Å². The van der Waals surface area contributed by atoms with Gasteiger partial charge in [0, 0.05) is 0 Å². The minimum absolute atomic E-state index is 0. The fourth-order valence-electron chi connectivity index (χ4n) is 3.12. The zero-order valence-electron chi connectivity index (χ0n) is 10.9. The van der Waals surface area contributed by atoms with Gasteiger partial charge in [-0.3, -0.25) is 4.79 Å². The van der Waals surface area contributed by atoms with Crippen molar-refractivity contribution in [3.05, 3.63) is 28.7 Å². The predicted molar refractivity (Wildman–Crippen MR) is 64.0 cm³/mol. The number of carbonyl (C=O) groups is 1. The Hall–Kier alpha value is 0.114. The van der Waals surface area contributed by atoms with Crippen molar-refractivity contribution in [2.24, 2.45) is 0 Å². The summed E-state index contributed by atoms with van der Waals surface area (Å²) in [6.45, 7) is -0.250. The largest absolute Gasteiger partial charge is 3.00 e. The van der Waals surface area contributed by atoms with E-state index in [0.717, 1.165) is 0 Å². The number of fused-ring (bicyclic) bond motifs is 1. The molecule has 0 aromatic heterocycles. The summed E-state index contributed by atoms with van der Waals surface area (Å²) in [5.74, 6) is 0. The molecule has 0 aliphatic heterocycles. The molecule has 0 bridgehead atoms. The Morgan fingerprint density at radius 1 is 1.00 bits per heavy atom. The molecule has 3 aliphatic rings. The van der Waals surface area contributed by atoms with E-state index in [1.165, 1.54) is 51.4 Å². The first-order chi connectivity index (χ1) is 7.86. The maximum absolute atomic E-state index is 8.36. The van der Waals surface area contributed by atoms with Crippen LogP contribution in [0.1, 0.15) is 51.4 Å². The van der Waals surface area contributed by atoms with Crippen LogP contribution in [0.3, 0.4) is 0 Å². The van der Waals surface area contributed by atoms with Gasteiger partial charge in [-0.15, -0.1) is 12.0 Å². The number of halogens is 2. The summed E-state index contributed by atoms with van der Waals surface area (Å²) in [5, 5.41) is 6.89. The van der Waals surface area contributed by atoms with Crippen LogP contribution < -0.4 is 24.8 Å². The number of rotatable bonds is 0. The molecule has 2 nitrogen and oxygen atoms in total. The standard InChI is InChI=1S/C13H17.CH2O2.2ClH.Ti/c1-3-7-12-10(5-1)9-11-6-2-4-8-13(11)12;2-1-3;;;/h5H,1-4,6-9H2;1H,(H,2,3);2*1H;/q-1;;;;+3/p-2.